The number of hydrogen-bond donors (Lipinski definition) is 2. The Kier molecular flexibility index (Phi) is 6.32. The van der Waals surface area contributed by atoms with Crippen LogP contribution in [0, 0.1) is 0 Å². The van der Waals surface area contributed by atoms with Gasteiger partial charge in [-0.25, -0.2) is 9.50 Å². The molecule has 1 amide bonds. The molecule has 0 saturated carbocycles. The summed E-state index contributed by atoms with van der Waals surface area (Å²) in [6.07, 6.45) is 8.08. The summed E-state index contributed by atoms with van der Waals surface area (Å²) in [5.41, 5.74) is 1.80. The monoisotopic (exact) mass is 383 g/mol. The highest BCUT2D eigenvalue weighted by Crippen LogP contribution is 2.16. The molecule has 0 saturated heterocycles. The normalized spacial score (nSPS) is 10.6. The predicted octanol–water partition coefficient (Wildman–Crippen LogP) is 3.43. The minimum absolute atomic E-state index is 0.206. The highest BCUT2D eigenvalue weighted by atomic mass is 32.1. The standard InChI is InChI=1S/C19H21N5O2S/c1-2-3-4-11-26-16-7-5-15(6-8-16)22-19(27)23-18(25)14-12-20-17-9-10-21-24(17)13-14/h5-10,12-13H,2-4,11H2,1H3,(H2,22,23,25,27). The van der Waals surface area contributed by atoms with E-state index in [1.54, 1.807) is 18.5 Å². The van der Waals surface area contributed by atoms with Crippen LogP contribution in [0.4, 0.5) is 5.69 Å². The predicted molar refractivity (Wildman–Crippen MR) is 108 cm³/mol. The van der Waals surface area contributed by atoms with Crippen LogP contribution in [0.15, 0.2) is 48.9 Å². The van der Waals surface area contributed by atoms with Gasteiger partial charge in [-0.15, -0.1) is 0 Å². The molecule has 0 unspecified atom stereocenters. The summed E-state index contributed by atoms with van der Waals surface area (Å²) in [6, 6.07) is 9.20. The zero-order chi connectivity index (χ0) is 19.1. The lowest BCUT2D eigenvalue weighted by Gasteiger charge is -2.11. The molecule has 2 N–H and O–H groups in total. The van der Waals surface area contributed by atoms with E-state index in [1.807, 2.05) is 24.3 Å². The maximum atomic E-state index is 12.3. The van der Waals surface area contributed by atoms with Gasteiger partial charge in [0.05, 0.1) is 18.4 Å². The van der Waals surface area contributed by atoms with Crippen LogP contribution in [0.1, 0.15) is 36.5 Å². The molecule has 7 nitrogen and oxygen atoms in total. The first-order chi connectivity index (χ1) is 13.2. The number of rotatable bonds is 7. The summed E-state index contributed by atoms with van der Waals surface area (Å²) in [7, 11) is 0. The van der Waals surface area contributed by atoms with Gasteiger partial charge in [-0.3, -0.25) is 10.1 Å². The van der Waals surface area contributed by atoms with E-state index in [-0.39, 0.29) is 11.0 Å². The van der Waals surface area contributed by atoms with Crippen molar-refractivity contribution in [1.29, 1.82) is 0 Å². The number of carbonyl (C=O) groups is 1. The molecule has 0 spiro atoms. The quantitative estimate of drug-likeness (QED) is 0.481. The van der Waals surface area contributed by atoms with Gasteiger partial charge in [-0.2, -0.15) is 5.10 Å². The number of ether oxygens (including phenoxy) is 1. The molecule has 3 rings (SSSR count). The highest BCUT2D eigenvalue weighted by Gasteiger charge is 2.10. The molecule has 3 aromatic rings. The van der Waals surface area contributed by atoms with Crippen molar-refractivity contribution in [2.24, 2.45) is 0 Å². The van der Waals surface area contributed by atoms with Crippen LogP contribution >= 0.6 is 12.2 Å². The van der Waals surface area contributed by atoms with Gasteiger partial charge < -0.3 is 10.1 Å². The fraction of sp³-hybridized carbons (Fsp3) is 0.263. The molecular weight excluding hydrogens is 362 g/mol. The average Bonchev–Trinajstić information content (AvgIpc) is 3.14. The molecule has 0 aliphatic carbocycles. The molecule has 27 heavy (non-hydrogen) atoms. The number of fused-ring (bicyclic) bond motifs is 1. The summed E-state index contributed by atoms with van der Waals surface area (Å²) >= 11 is 5.21. The number of hydrogen-bond acceptors (Lipinski definition) is 5. The van der Waals surface area contributed by atoms with Crippen LogP contribution in [0.25, 0.3) is 5.65 Å². The molecule has 0 radical (unpaired) electrons. The lowest BCUT2D eigenvalue weighted by Crippen LogP contribution is -2.34. The molecule has 140 valence electrons. The number of aromatic nitrogens is 3. The number of nitrogens with zero attached hydrogens (tertiary/aromatic N) is 3. The first-order valence-corrected chi connectivity index (χ1v) is 9.21. The van der Waals surface area contributed by atoms with Gasteiger partial charge in [0, 0.05) is 24.1 Å². The third kappa shape index (κ3) is 5.24. The van der Waals surface area contributed by atoms with E-state index >= 15 is 0 Å². The molecule has 0 atom stereocenters. The molecule has 1 aromatic carbocycles. The fourth-order valence-corrected chi connectivity index (χ4v) is 2.65. The number of anilines is 1. The van der Waals surface area contributed by atoms with Crippen LogP contribution in [0.3, 0.4) is 0 Å². The second-order valence-corrected chi connectivity index (χ2v) is 6.37. The summed E-state index contributed by atoms with van der Waals surface area (Å²) in [4.78, 5) is 16.5. The van der Waals surface area contributed by atoms with E-state index in [1.165, 1.54) is 17.1 Å². The minimum atomic E-state index is -0.353. The van der Waals surface area contributed by atoms with Gasteiger partial charge >= 0.3 is 0 Å². The van der Waals surface area contributed by atoms with Crippen molar-refractivity contribution >= 4 is 34.6 Å². The molecule has 0 fully saturated rings. The van der Waals surface area contributed by atoms with Crippen LogP contribution in [-0.4, -0.2) is 32.2 Å². The van der Waals surface area contributed by atoms with Gasteiger partial charge in [0.25, 0.3) is 5.91 Å². The topological polar surface area (TPSA) is 80.5 Å². The second kappa shape index (κ2) is 9.09. The highest BCUT2D eigenvalue weighted by molar-refractivity contribution is 7.80. The Labute approximate surface area is 162 Å². The van der Waals surface area contributed by atoms with Crippen molar-refractivity contribution in [1.82, 2.24) is 19.9 Å². The summed E-state index contributed by atoms with van der Waals surface area (Å²) in [6.45, 7) is 2.87. The number of benzene rings is 1. The van der Waals surface area contributed by atoms with E-state index in [0.29, 0.717) is 17.8 Å². The average molecular weight is 383 g/mol. The molecule has 2 heterocycles. The van der Waals surface area contributed by atoms with Gasteiger partial charge in [0.2, 0.25) is 0 Å². The second-order valence-electron chi connectivity index (χ2n) is 5.96. The lowest BCUT2D eigenvalue weighted by molar-refractivity contribution is 0.0977. The molecule has 8 heteroatoms. The number of carbonyl (C=O) groups excluding carboxylic acids is 1. The first-order valence-electron chi connectivity index (χ1n) is 8.80. The third-order valence-electron chi connectivity index (χ3n) is 3.86. The van der Waals surface area contributed by atoms with E-state index in [9.17, 15) is 4.79 Å². The molecular formula is C19H21N5O2S. The van der Waals surface area contributed by atoms with E-state index in [2.05, 4.69) is 27.6 Å². The molecule has 0 bridgehead atoms. The Balaban J connectivity index is 1.51. The van der Waals surface area contributed by atoms with Gasteiger partial charge in [0.15, 0.2) is 10.8 Å². The van der Waals surface area contributed by atoms with Crippen molar-refractivity contribution in [2.75, 3.05) is 11.9 Å². The summed E-state index contributed by atoms with van der Waals surface area (Å²) < 4.78 is 7.21. The van der Waals surface area contributed by atoms with Crippen LogP contribution in [-0.2, 0) is 0 Å². The zero-order valence-corrected chi connectivity index (χ0v) is 15.8. The van der Waals surface area contributed by atoms with Gasteiger partial charge in [-0.1, -0.05) is 19.8 Å². The Morgan fingerprint density at radius 2 is 2.04 bits per heavy atom. The Bertz CT molecular complexity index is 923. The number of nitrogens with one attached hydrogen (secondary N) is 2. The van der Waals surface area contributed by atoms with Gasteiger partial charge in [0.1, 0.15) is 5.75 Å². The molecule has 0 aliphatic rings. The first kappa shape index (κ1) is 18.8. The van der Waals surface area contributed by atoms with E-state index in [0.717, 1.165) is 24.3 Å². The SMILES string of the molecule is CCCCCOc1ccc(NC(=S)NC(=O)c2cnc3ccnn3c2)cc1. The van der Waals surface area contributed by atoms with Crippen LogP contribution in [0.2, 0.25) is 0 Å². The van der Waals surface area contributed by atoms with Crippen molar-refractivity contribution < 1.29 is 9.53 Å². The summed E-state index contributed by atoms with van der Waals surface area (Å²) in [5.74, 6) is 0.457. The maximum absolute atomic E-state index is 12.3. The van der Waals surface area contributed by atoms with Crippen LogP contribution in [0.5, 0.6) is 5.75 Å². The van der Waals surface area contributed by atoms with E-state index < -0.39 is 0 Å². The fourth-order valence-electron chi connectivity index (χ4n) is 2.44. The molecule has 2 aromatic heterocycles. The minimum Gasteiger partial charge on any atom is -0.494 e. The third-order valence-corrected chi connectivity index (χ3v) is 4.07. The maximum Gasteiger partial charge on any atom is 0.260 e. The Morgan fingerprint density at radius 3 is 2.81 bits per heavy atom. The Morgan fingerprint density at radius 1 is 1.22 bits per heavy atom. The van der Waals surface area contributed by atoms with E-state index in [4.69, 9.17) is 17.0 Å². The number of thiocarbonyl (C=S) groups is 1. The van der Waals surface area contributed by atoms with Crippen molar-refractivity contribution in [3.8, 4) is 5.75 Å². The summed E-state index contributed by atoms with van der Waals surface area (Å²) in [5, 5.41) is 9.88. The van der Waals surface area contributed by atoms with Crippen molar-refractivity contribution in [3.63, 3.8) is 0 Å². The number of unbranched alkanes of at least 4 members (excludes halogenated alkanes) is 2. The smallest absolute Gasteiger partial charge is 0.260 e. The van der Waals surface area contributed by atoms with Crippen molar-refractivity contribution in [2.45, 2.75) is 26.2 Å². The van der Waals surface area contributed by atoms with Gasteiger partial charge in [-0.05, 0) is 42.9 Å². The number of amides is 1. The largest absolute Gasteiger partial charge is 0.494 e. The molecule has 0 aliphatic heterocycles. The van der Waals surface area contributed by atoms with Crippen LogP contribution < -0.4 is 15.4 Å². The van der Waals surface area contributed by atoms with Crippen molar-refractivity contribution in [3.05, 3.63) is 54.5 Å². The zero-order valence-electron chi connectivity index (χ0n) is 15.0. The Hall–Kier alpha value is -3.00. The lowest BCUT2D eigenvalue weighted by atomic mass is 10.2.